The molecule has 0 spiro atoms. The number of ether oxygens (including phenoxy) is 2. The zero-order valence-electron chi connectivity index (χ0n) is 15.3. The van der Waals surface area contributed by atoms with E-state index in [9.17, 15) is 9.90 Å². The number of nitrogens with zero attached hydrogens (tertiary/aromatic N) is 1. The highest BCUT2D eigenvalue weighted by Gasteiger charge is 2.39. The van der Waals surface area contributed by atoms with Crippen molar-refractivity contribution in [3.8, 4) is 16.9 Å². The Labute approximate surface area is 161 Å². The zero-order valence-corrected chi connectivity index (χ0v) is 15.3. The van der Waals surface area contributed by atoms with Crippen LogP contribution in [0, 0.1) is 5.82 Å². The molecule has 146 valence electrons. The third kappa shape index (κ3) is 2.73. The van der Waals surface area contributed by atoms with Gasteiger partial charge in [-0.2, -0.15) is 0 Å². The molecule has 7 heteroatoms. The molecular weight excluding hydrogens is 363 g/mol. The van der Waals surface area contributed by atoms with E-state index in [2.05, 4.69) is 10.2 Å². The highest BCUT2D eigenvalue weighted by atomic mass is 19.1. The lowest BCUT2D eigenvalue weighted by molar-refractivity contribution is 0.0693. The maximum atomic E-state index is 15.0. The molecule has 2 fully saturated rings. The third-order valence-electron chi connectivity index (χ3n) is 5.86. The molecule has 5 rings (SSSR count). The molecule has 2 aromatic rings. The summed E-state index contributed by atoms with van der Waals surface area (Å²) >= 11 is 0. The predicted octanol–water partition coefficient (Wildman–Crippen LogP) is 3.00. The van der Waals surface area contributed by atoms with Crippen molar-refractivity contribution in [2.45, 2.75) is 31.5 Å². The number of para-hydroxylation sites is 1. The summed E-state index contributed by atoms with van der Waals surface area (Å²) in [5.41, 5.74) is 2.53. The molecule has 2 unspecified atom stereocenters. The summed E-state index contributed by atoms with van der Waals surface area (Å²) in [5.74, 6) is -1.03. The standard InChI is InChI=1S/C21H21FN2O4/c22-18-6-17(21(25)26)19(24-13-4-5-14(24)10-27-9-13)7-16(18)15-3-1-2-12-8-23-11-28-20(12)15/h1-3,6-7,13-14,23H,4-5,8-11H2,(H,25,26). The van der Waals surface area contributed by atoms with Gasteiger partial charge in [-0.15, -0.1) is 0 Å². The first-order valence-corrected chi connectivity index (χ1v) is 9.52. The van der Waals surface area contributed by atoms with E-state index in [1.165, 1.54) is 0 Å². The Morgan fingerprint density at radius 1 is 1.18 bits per heavy atom. The lowest BCUT2D eigenvalue weighted by Gasteiger charge is -2.37. The molecule has 2 atom stereocenters. The van der Waals surface area contributed by atoms with Crippen molar-refractivity contribution in [3.63, 3.8) is 0 Å². The minimum atomic E-state index is -1.12. The Balaban J connectivity index is 1.68. The molecule has 2 N–H and O–H groups in total. The number of fused-ring (bicyclic) bond motifs is 3. The number of morpholine rings is 1. The van der Waals surface area contributed by atoms with Crippen LogP contribution in [0.5, 0.6) is 5.75 Å². The van der Waals surface area contributed by atoms with E-state index in [-0.39, 0.29) is 17.6 Å². The minimum absolute atomic E-state index is 0.00701. The first-order valence-electron chi connectivity index (χ1n) is 9.52. The van der Waals surface area contributed by atoms with Crippen molar-refractivity contribution >= 4 is 11.7 Å². The van der Waals surface area contributed by atoms with Gasteiger partial charge < -0.3 is 19.5 Å². The second-order valence-electron chi connectivity index (χ2n) is 7.49. The second-order valence-corrected chi connectivity index (χ2v) is 7.49. The maximum Gasteiger partial charge on any atom is 0.337 e. The van der Waals surface area contributed by atoms with Gasteiger partial charge in [0.15, 0.2) is 0 Å². The van der Waals surface area contributed by atoms with Crippen LogP contribution in [0.3, 0.4) is 0 Å². The van der Waals surface area contributed by atoms with E-state index < -0.39 is 11.8 Å². The molecule has 3 aliphatic rings. The van der Waals surface area contributed by atoms with Gasteiger partial charge in [0.1, 0.15) is 18.3 Å². The molecule has 2 bridgehead atoms. The quantitative estimate of drug-likeness (QED) is 0.848. The Morgan fingerprint density at radius 3 is 2.71 bits per heavy atom. The molecule has 2 saturated heterocycles. The largest absolute Gasteiger partial charge is 0.478 e. The molecule has 6 nitrogen and oxygen atoms in total. The first kappa shape index (κ1) is 17.5. The summed E-state index contributed by atoms with van der Waals surface area (Å²) < 4.78 is 26.4. The summed E-state index contributed by atoms with van der Waals surface area (Å²) in [5, 5.41) is 12.8. The van der Waals surface area contributed by atoms with Crippen LogP contribution in [0.15, 0.2) is 30.3 Å². The lowest BCUT2D eigenvalue weighted by atomic mass is 9.97. The van der Waals surface area contributed by atoms with Gasteiger partial charge in [0, 0.05) is 23.2 Å². The van der Waals surface area contributed by atoms with Gasteiger partial charge in [-0.25, -0.2) is 9.18 Å². The normalized spacial score (nSPS) is 23.2. The van der Waals surface area contributed by atoms with Crippen molar-refractivity contribution in [3.05, 3.63) is 47.3 Å². The topological polar surface area (TPSA) is 71.0 Å². The van der Waals surface area contributed by atoms with Gasteiger partial charge in [0.25, 0.3) is 0 Å². The Kier molecular flexibility index (Phi) is 4.21. The maximum absolute atomic E-state index is 15.0. The van der Waals surface area contributed by atoms with E-state index in [1.807, 2.05) is 18.2 Å². The van der Waals surface area contributed by atoms with E-state index in [0.717, 1.165) is 24.5 Å². The van der Waals surface area contributed by atoms with Crippen molar-refractivity contribution in [1.29, 1.82) is 0 Å². The fourth-order valence-electron chi connectivity index (χ4n) is 4.59. The van der Waals surface area contributed by atoms with Crippen molar-refractivity contribution in [2.24, 2.45) is 0 Å². The highest BCUT2D eigenvalue weighted by molar-refractivity contribution is 5.96. The van der Waals surface area contributed by atoms with Crippen molar-refractivity contribution < 1.29 is 23.8 Å². The Hall–Kier alpha value is -2.64. The third-order valence-corrected chi connectivity index (χ3v) is 5.86. The number of rotatable bonds is 3. The van der Waals surface area contributed by atoms with Crippen molar-refractivity contribution in [2.75, 3.05) is 24.8 Å². The summed E-state index contributed by atoms with van der Waals surface area (Å²) in [6.07, 6.45) is 1.90. The number of hydrogen-bond donors (Lipinski definition) is 2. The zero-order chi connectivity index (χ0) is 19.3. The number of aromatic carboxylic acids is 1. The van der Waals surface area contributed by atoms with Crippen molar-refractivity contribution in [1.82, 2.24) is 5.32 Å². The van der Waals surface area contributed by atoms with E-state index >= 15 is 4.39 Å². The SMILES string of the molecule is O=C(O)c1cc(F)c(-c2cccc3c2OCNC3)cc1N1C2CCC1COC2. The number of carboxylic acids is 1. The Morgan fingerprint density at radius 2 is 1.96 bits per heavy atom. The smallest absolute Gasteiger partial charge is 0.337 e. The molecular formula is C21H21FN2O4. The van der Waals surface area contributed by atoms with Crippen LogP contribution in [0.1, 0.15) is 28.8 Å². The number of carboxylic acid groups (broad SMARTS) is 1. The number of anilines is 1. The van der Waals surface area contributed by atoms with Crippen LogP contribution >= 0.6 is 0 Å². The predicted molar refractivity (Wildman–Crippen MR) is 101 cm³/mol. The molecule has 0 radical (unpaired) electrons. The van der Waals surface area contributed by atoms with Crippen LogP contribution in [0.25, 0.3) is 11.1 Å². The van der Waals surface area contributed by atoms with Crippen LogP contribution in [-0.4, -0.2) is 43.1 Å². The fourth-order valence-corrected chi connectivity index (χ4v) is 4.59. The summed E-state index contributed by atoms with van der Waals surface area (Å²) in [6.45, 7) is 2.15. The monoisotopic (exact) mass is 384 g/mol. The average molecular weight is 384 g/mol. The molecule has 3 heterocycles. The molecule has 0 amide bonds. The number of benzene rings is 2. The van der Waals surface area contributed by atoms with Gasteiger partial charge in [0.05, 0.1) is 36.5 Å². The fraction of sp³-hybridized carbons (Fsp3) is 0.381. The van der Waals surface area contributed by atoms with Gasteiger partial charge in [-0.3, -0.25) is 5.32 Å². The summed E-state index contributed by atoms with van der Waals surface area (Å²) in [6, 6.07) is 8.70. The first-order chi connectivity index (χ1) is 13.6. The summed E-state index contributed by atoms with van der Waals surface area (Å²) in [7, 11) is 0. The van der Waals surface area contributed by atoms with Gasteiger partial charge >= 0.3 is 5.97 Å². The molecule has 0 saturated carbocycles. The minimum Gasteiger partial charge on any atom is -0.478 e. The summed E-state index contributed by atoms with van der Waals surface area (Å²) in [4.78, 5) is 14.0. The number of carbonyl (C=O) groups is 1. The van der Waals surface area contributed by atoms with Gasteiger partial charge in [0.2, 0.25) is 0 Å². The van der Waals surface area contributed by atoms with E-state index in [0.29, 0.717) is 49.1 Å². The highest BCUT2D eigenvalue weighted by Crippen LogP contribution is 2.42. The van der Waals surface area contributed by atoms with Gasteiger partial charge in [-0.05, 0) is 25.0 Å². The van der Waals surface area contributed by atoms with Crippen LogP contribution < -0.4 is 15.0 Å². The molecule has 28 heavy (non-hydrogen) atoms. The molecule has 0 aromatic heterocycles. The Bertz CT molecular complexity index is 932. The molecule has 3 aliphatic heterocycles. The lowest BCUT2D eigenvalue weighted by Crippen LogP contribution is -2.46. The number of nitrogens with one attached hydrogen (secondary N) is 1. The number of halogens is 1. The number of hydrogen-bond acceptors (Lipinski definition) is 5. The average Bonchev–Trinajstić information content (AvgIpc) is 2.95. The molecule has 0 aliphatic carbocycles. The van der Waals surface area contributed by atoms with Crippen LogP contribution in [0.2, 0.25) is 0 Å². The van der Waals surface area contributed by atoms with E-state index in [1.54, 1.807) is 6.07 Å². The second kappa shape index (κ2) is 6.76. The van der Waals surface area contributed by atoms with Crippen LogP contribution in [-0.2, 0) is 11.3 Å². The van der Waals surface area contributed by atoms with Crippen LogP contribution in [0.4, 0.5) is 10.1 Å². The van der Waals surface area contributed by atoms with E-state index in [4.69, 9.17) is 9.47 Å². The molecule has 2 aromatic carbocycles. The van der Waals surface area contributed by atoms with Gasteiger partial charge in [-0.1, -0.05) is 18.2 Å².